The van der Waals surface area contributed by atoms with Crippen LogP contribution in [0.15, 0.2) is 12.7 Å². The van der Waals surface area contributed by atoms with Gasteiger partial charge in [-0.25, -0.2) is 0 Å². The van der Waals surface area contributed by atoms with Crippen LogP contribution in [-0.4, -0.2) is 29.7 Å². The van der Waals surface area contributed by atoms with Crippen LogP contribution in [0.5, 0.6) is 0 Å². The van der Waals surface area contributed by atoms with Crippen molar-refractivity contribution < 1.29 is 13.0 Å². The summed E-state index contributed by atoms with van der Waals surface area (Å²) in [6.07, 6.45) is 1.12. The topological polar surface area (TPSA) is 54.4 Å². The second-order valence-corrected chi connectivity index (χ2v) is 2.53. The van der Waals surface area contributed by atoms with Crippen molar-refractivity contribution in [2.45, 2.75) is 0 Å². The lowest BCUT2D eigenvalue weighted by Crippen LogP contribution is -1.99. The fourth-order valence-electron chi connectivity index (χ4n) is 0.149. The normalized spacial score (nSPS) is 9.62. The van der Waals surface area contributed by atoms with Gasteiger partial charge in [0.05, 0.1) is 5.75 Å². The van der Waals surface area contributed by atoms with Crippen LogP contribution in [0.1, 0.15) is 0 Å². The molecule has 8 heavy (non-hydrogen) atoms. The van der Waals surface area contributed by atoms with Crippen molar-refractivity contribution in [2.24, 2.45) is 0 Å². The molecule has 0 radical (unpaired) electrons. The Bertz CT molecular complexity index is 148. The van der Waals surface area contributed by atoms with Crippen LogP contribution >= 0.6 is 0 Å². The second kappa shape index (κ2) is 3.82. The lowest BCUT2D eigenvalue weighted by atomic mass is 10.8. The molecular weight excluding hydrogens is 144 g/mol. The molecular formula is C3H10O3SSi. The zero-order valence-corrected chi connectivity index (χ0v) is 4.48. The predicted octanol–water partition coefficient (Wildman–Crippen LogP) is -1.39. The van der Waals surface area contributed by atoms with Gasteiger partial charge in [0.25, 0.3) is 10.1 Å². The van der Waals surface area contributed by atoms with Gasteiger partial charge in [0.1, 0.15) is 0 Å². The predicted molar refractivity (Wildman–Crippen MR) is 37.9 cm³/mol. The maximum atomic E-state index is 9.72. The van der Waals surface area contributed by atoms with E-state index in [1.54, 1.807) is 0 Å². The van der Waals surface area contributed by atoms with E-state index < -0.39 is 10.1 Å². The lowest BCUT2D eigenvalue weighted by molar-refractivity contribution is 0.487. The second-order valence-electron chi connectivity index (χ2n) is 1.04. The molecule has 0 fully saturated rings. The smallest absolute Gasteiger partial charge is 0.268 e. The first-order valence-corrected chi connectivity index (χ1v) is 3.23. The molecule has 0 aliphatic carbocycles. The van der Waals surface area contributed by atoms with Crippen molar-refractivity contribution in [3.8, 4) is 0 Å². The highest BCUT2D eigenvalue weighted by atomic mass is 32.2. The van der Waals surface area contributed by atoms with Crippen LogP contribution in [0.2, 0.25) is 0 Å². The molecule has 3 nitrogen and oxygen atoms in total. The Kier molecular flexibility index (Phi) is 5.15. The largest absolute Gasteiger partial charge is 0.285 e. The van der Waals surface area contributed by atoms with E-state index in [4.69, 9.17) is 4.55 Å². The van der Waals surface area contributed by atoms with Gasteiger partial charge in [-0.1, -0.05) is 6.08 Å². The molecule has 0 rings (SSSR count). The van der Waals surface area contributed by atoms with Crippen LogP contribution in [0.3, 0.4) is 0 Å². The van der Waals surface area contributed by atoms with Gasteiger partial charge in [0, 0.05) is 0 Å². The first kappa shape index (κ1) is 10.8. The Balaban J connectivity index is 0. The van der Waals surface area contributed by atoms with Crippen LogP contribution in [0.4, 0.5) is 0 Å². The fraction of sp³-hybridized carbons (Fsp3) is 0.333. The molecule has 0 atom stereocenters. The average Bonchev–Trinajstić information content (AvgIpc) is 1.30. The van der Waals surface area contributed by atoms with E-state index in [1.807, 2.05) is 0 Å². The van der Waals surface area contributed by atoms with Gasteiger partial charge >= 0.3 is 0 Å². The SMILES string of the molecule is C=CCS(=O)(=O)O.[SiH4]. The standard InChI is InChI=1S/C3H6O3S.H4Si/c1-2-3-7(4,5)6;/h2H,1,3H2,(H,4,5,6);1H4. The molecule has 0 saturated heterocycles. The average molecular weight is 154 g/mol. The summed E-state index contributed by atoms with van der Waals surface area (Å²) in [5, 5.41) is 0. The lowest BCUT2D eigenvalue weighted by Gasteiger charge is -1.82. The van der Waals surface area contributed by atoms with E-state index in [2.05, 4.69) is 6.58 Å². The molecule has 0 aliphatic heterocycles. The molecule has 5 heteroatoms. The van der Waals surface area contributed by atoms with Crippen LogP contribution in [0.25, 0.3) is 0 Å². The minimum Gasteiger partial charge on any atom is -0.285 e. The summed E-state index contributed by atoms with van der Waals surface area (Å²) in [4.78, 5) is 0. The van der Waals surface area contributed by atoms with Gasteiger partial charge in [0.15, 0.2) is 0 Å². The van der Waals surface area contributed by atoms with E-state index in [0.29, 0.717) is 0 Å². The molecule has 0 aromatic carbocycles. The fourth-order valence-corrected chi connectivity index (χ4v) is 0.447. The minimum atomic E-state index is -3.79. The molecule has 1 N–H and O–H groups in total. The Morgan fingerprint density at radius 1 is 1.62 bits per heavy atom. The van der Waals surface area contributed by atoms with Crippen molar-refractivity contribution in [2.75, 3.05) is 5.75 Å². The Morgan fingerprint density at radius 2 is 2.00 bits per heavy atom. The Labute approximate surface area is 53.2 Å². The third-order valence-electron chi connectivity index (χ3n) is 0.328. The quantitative estimate of drug-likeness (QED) is 0.303. The summed E-state index contributed by atoms with van der Waals surface area (Å²) in [5.41, 5.74) is 0. The third-order valence-corrected chi connectivity index (χ3v) is 0.985. The molecule has 50 valence electrons. The summed E-state index contributed by atoms with van der Waals surface area (Å²) in [7, 11) is -3.79. The van der Waals surface area contributed by atoms with Crippen molar-refractivity contribution in [1.29, 1.82) is 0 Å². The van der Waals surface area contributed by atoms with E-state index in [-0.39, 0.29) is 16.7 Å². The zero-order valence-electron chi connectivity index (χ0n) is 3.66. The van der Waals surface area contributed by atoms with E-state index in [1.165, 1.54) is 0 Å². The minimum absolute atomic E-state index is 0. The molecule has 0 saturated carbocycles. The van der Waals surface area contributed by atoms with Gasteiger partial charge in [0.2, 0.25) is 0 Å². The molecule has 0 amide bonds. The molecule has 0 unspecified atom stereocenters. The summed E-state index contributed by atoms with van der Waals surface area (Å²) in [6.45, 7) is 3.11. The number of hydrogen-bond acceptors (Lipinski definition) is 2. The summed E-state index contributed by atoms with van der Waals surface area (Å²) >= 11 is 0. The van der Waals surface area contributed by atoms with Gasteiger partial charge < -0.3 is 0 Å². The van der Waals surface area contributed by atoms with Gasteiger partial charge in [-0.3, -0.25) is 4.55 Å². The first-order valence-electron chi connectivity index (χ1n) is 1.62. The molecule has 0 aromatic rings. The molecule has 0 spiro atoms. The van der Waals surface area contributed by atoms with Crippen molar-refractivity contribution >= 4 is 21.1 Å². The van der Waals surface area contributed by atoms with Gasteiger partial charge in [-0.05, 0) is 11.0 Å². The Morgan fingerprint density at radius 3 is 2.00 bits per heavy atom. The first-order chi connectivity index (χ1) is 3.06. The molecule has 0 heterocycles. The van der Waals surface area contributed by atoms with Crippen molar-refractivity contribution in [3.05, 3.63) is 12.7 Å². The molecule has 0 aliphatic rings. The Hall–Kier alpha value is -0.133. The van der Waals surface area contributed by atoms with E-state index in [0.717, 1.165) is 6.08 Å². The highest BCUT2D eigenvalue weighted by Crippen LogP contribution is 1.78. The highest BCUT2D eigenvalue weighted by Gasteiger charge is 1.95. The van der Waals surface area contributed by atoms with Crippen LogP contribution in [0, 0.1) is 0 Å². The maximum Gasteiger partial charge on any atom is 0.268 e. The summed E-state index contributed by atoms with van der Waals surface area (Å²) in [6, 6.07) is 0. The zero-order chi connectivity index (χ0) is 5.91. The molecule has 0 bridgehead atoms. The highest BCUT2D eigenvalue weighted by molar-refractivity contribution is 7.85. The van der Waals surface area contributed by atoms with E-state index >= 15 is 0 Å². The summed E-state index contributed by atoms with van der Waals surface area (Å²) in [5.74, 6) is -0.368. The van der Waals surface area contributed by atoms with E-state index in [9.17, 15) is 8.42 Å². The van der Waals surface area contributed by atoms with Crippen molar-refractivity contribution in [1.82, 2.24) is 0 Å². The van der Waals surface area contributed by atoms with Crippen LogP contribution < -0.4 is 0 Å². The van der Waals surface area contributed by atoms with Crippen LogP contribution in [-0.2, 0) is 10.1 Å². The monoisotopic (exact) mass is 154 g/mol. The summed E-state index contributed by atoms with van der Waals surface area (Å²) < 4.78 is 27.3. The number of rotatable bonds is 2. The third kappa shape index (κ3) is 9.29. The number of hydrogen-bond donors (Lipinski definition) is 1. The molecule has 0 aromatic heterocycles. The van der Waals surface area contributed by atoms with Crippen molar-refractivity contribution in [3.63, 3.8) is 0 Å². The van der Waals surface area contributed by atoms with Gasteiger partial charge in [-0.15, -0.1) is 6.58 Å². The van der Waals surface area contributed by atoms with Gasteiger partial charge in [-0.2, -0.15) is 8.42 Å². The maximum absolute atomic E-state index is 9.72.